The standard InChI is InChI=1S/C9H9ClN2O4/c1-2-16-9(13)6-3-5(10)4-7(11)8(6)12(14)15/h3-4H,2,11H2,1H3. The molecular weight excluding hydrogens is 236 g/mol. The summed E-state index contributed by atoms with van der Waals surface area (Å²) in [4.78, 5) is 21.4. The van der Waals surface area contributed by atoms with Gasteiger partial charge in [0.2, 0.25) is 0 Å². The molecule has 0 fully saturated rings. The number of nitrogens with zero attached hydrogens (tertiary/aromatic N) is 1. The van der Waals surface area contributed by atoms with E-state index >= 15 is 0 Å². The summed E-state index contributed by atoms with van der Waals surface area (Å²) in [5, 5.41) is 10.9. The van der Waals surface area contributed by atoms with E-state index in [1.54, 1.807) is 6.92 Å². The minimum Gasteiger partial charge on any atom is -0.462 e. The van der Waals surface area contributed by atoms with Gasteiger partial charge in [-0.3, -0.25) is 10.1 Å². The molecule has 0 aliphatic carbocycles. The van der Waals surface area contributed by atoms with Crippen LogP contribution in [0.1, 0.15) is 17.3 Å². The van der Waals surface area contributed by atoms with Crippen molar-refractivity contribution in [3.63, 3.8) is 0 Å². The van der Waals surface area contributed by atoms with Gasteiger partial charge in [0.1, 0.15) is 11.3 Å². The minimum absolute atomic E-state index is 0.113. The second kappa shape index (κ2) is 4.80. The number of rotatable bonds is 3. The summed E-state index contributed by atoms with van der Waals surface area (Å²) in [5.74, 6) is -0.816. The number of hydrogen-bond acceptors (Lipinski definition) is 5. The third-order valence-electron chi connectivity index (χ3n) is 1.78. The Morgan fingerprint density at radius 3 is 2.75 bits per heavy atom. The summed E-state index contributed by atoms with van der Waals surface area (Å²) in [6, 6.07) is 2.37. The molecule has 1 aromatic carbocycles. The molecule has 0 heterocycles. The first-order valence-electron chi connectivity index (χ1n) is 4.38. The van der Waals surface area contributed by atoms with E-state index in [0.717, 1.165) is 6.07 Å². The van der Waals surface area contributed by atoms with Crippen LogP contribution in [0.15, 0.2) is 12.1 Å². The van der Waals surface area contributed by atoms with Gasteiger partial charge in [0.05, 0.1) is 11.5 Å². The maximum absolute atomic E-state index is 11.4. The zero-order valence-corrected chi connectivity index (χ0v) is 9.15. The van der Waals surface area contributed by atoms with E-state index < -0.39 is 16.6 Å². The van der Waals surface area contributed by atoms with Gasteiger partial charge in [-0.2, -0.15) is 0 Å². The van der Waals surface area contributed by atoms with Crippen LogP contribution in [0.4, 0.5) is 11.4 Å². The van der Waals surface area contributed by atoms with Gasteiger partial charge in [0, 0.05) is 5.02 Å². The molecule has 0 aromatic heterocycles. The van der Waals surface area contributed by atoms with Crippen LogP contribution in [0, 0.1) is 10.1 Å². The van der Waals surface area contributed by atoms with Crippen molar-refractivity contribution in [2.45, 2.75) is 6.92 Å². The number of benzene rings is 1. The number of hydrogen-bond donors (Lipinski definition) is 1. The summed E-state index contributed by atoms with van der Waals surface area (Å²) in [6.45, 7) is 1.71. The third-order valence-corrected chi connectivity index (χ3v) is 2.00. The number of anilines is 1. The second-order valence-corrected chi connectivity index (χ2v) is 3.31. The normalized spacial score (nSPS) is 9.88. The Bertz CT molecular complexity index is 447. The largest absolute Gasteiger partial charge is 0.462 e. The predicted octanol–water partition coefficient (Wildman–Crippen LogP) is 2.01. The number of carbonyl (C=O) groups is 1. The third kappa shape index (κ3) is 2.40. The number of esters is 1. The molecule has 86 valence electrons. The minimum atomic E-state index is -0.816. The van der Waals surface area contributed by atoms with Gasteiger partial charge in [-0.1, -0.05) is 11.6 Å². The van der Waals surface area contributed by atoms with Crippen molar-refractivity contribution in [3.05, 3.63) is 32.8 Å². The molecule has 7 heteroatoms. The number of nitro groups is 1. The van der Waals surface area contributed by atoms with Crippen molar-refractivity contribution in [2.75, 3.05) is 12.3 Å². The lowest BCUT2D eigenvalue weighted by Gasteiger charge is -2.05. The van der Waals surface area contributed by atoms with Crippen molar-refractivity contribution in [1.82, 2.24) is 0 Å². The van der Waals surface area contributed by atoms with Gasteiger partial charge < -0.3 is 10.5 Å². The Balaban J connectivity index is 3.35. The van der Waals surface area contributed by atoms with Crippen LogP contribution in [0.5, 0.6) is 0 Å². The Morgan fingerprint density at radius 2 is 2.25 bits per heavy atom. The molecule has 0 radical (unpaired) electrons. The Labute approximate surface area is 96.1 Å². The maximum atomic E-state index is 11.4. The van der Waals surface area contributed by atoms with E-state index in [1.807, 2.05) is 0 Å². The lowest BCUT2D eigenvalue weighted by atomic mass is 10.1. The highest BCUT2D eigenvalue weighted by atomic mass is 35.5. The zero-order valence-electron chi connectivity index (χ0n) is 8.40. The summed E-state index contributed by atoms with van der Waals surface area (Å²) < 4.78 is 4.67. The average molecular weight is 245 g/mol. The molecule has 2 N–H and O–H groups in total. The molecule has 1 rings (SSSR count). The van der Waals surface area contributed by atoms with Gasteiger partial charge in [0.15, 0.2) is 0 Å². The number of nitro benzene ring substituents is 1. The highest BCUT2D eigenvalue weighted by molar-refractivity contribution is 6.31. The van der Waals surface area contributed by atoms with Crippen LogP contribution in [0.25, 0.3) is 0 Å². The van der Waals surface area contributed by atoms with Crippen molar-refractivity contribution < 1.29 is 14.5 Å². The molecule has 0 aliphatic rings. The number of nitrogen functional groups attached to an aromatic ring is 1. The van der Waals surface area contributed by atoms with E-state index in [-0.39, 0.29) is 22.9 Å². The highest BCUT2D eigenvalue weighted by Gasteiger charge is 2.25. The second-order valence-electron chi connectivity index (χ2n) is 2.87. The maximum Gasteiger partial charge on any atom is 0.345 e. The number of ether oxygens (including phenoxy) is 1. The molecule has 16 heavy (non-hydrogen) atoms. The number of carbonyl (C=O) groups excluding carboxylic acids is 1. The van der Waals surface area contributed by atoms with E-state index in [2.05, 4.69) is 4.74 Å². The average Bonchev–Trinajstić information content (AvgIpc) is 2.15. The van der Waals surface area contributed by atoms with Gasteiger partial charge in [-0.05, 0) is 19.1 Å². The zero-order chi connectivity index (χ0) is 12.3. The van der Waals surface area contributed by atoms with Crippen LogP contribution in [0.2, 0.25) is 5.02 Å². The number of nitrogens with two attached hydrogens (primary N) is 1. The molecule has 0 saturated carbocycles. The van der Waals surface area contributed by atoms with Gasteiger partial charge in [0.25, 0.3) is 0 Å². The van der Waals surface area contributed by atoms with Crippen LogP contribution >= 0.6 is 11.6 Å². The van der Waals surface area contributed by atoms with E-state index in [0.29, 0.717) is 0 Å². The smallest absolute Gasteiger partial charge is 0.345 e. The van der Waals surface area contributed by atoms with Crippen LogP contribution in [0.3, 0.4) is 0 Å². The van der Waals surface area contributed by atoms with Crippen LogP contribution in [-0.4, -0.2) is 17.5 Å². The molecule has 0 aliphatic heterocycles. The fraction of sp³-hybridized carbons (Fsp3) is 0.222. The van der Waals surface area contributed by atoms with Gasteiger partial charge >= 0.3 is 11.7 Å². The Kier molecular flexibility index (Phi) is 3.68. The Hall–Kier alpha value is -1.82. The summed E-state index contributed by atoms with van der Waals surface area (Å²) in [5.41, 5.74) is 4.53. The van der Waals surface area contributed by atoms with Gasteiger partial charge in [-0.15, -0.1) is 0 Å². The fourth-order valence-corrected chi connectivity index (χ4v) is 1.42. The Morgan fingerprint density at radius 1 is 1.62 bits per heavy atom. The van der Waals surface area contributed by atoms with Crippen LogP contribution < -0.4 is 5.73 Å². The number of halogens is 1. The van der Waals surface area contributed by atoms with Gasteiger partial charge in [-0.25, -0.2) is 4.79 Å². The molecule has 0 amide bonds. The molecule has 1 aromatic rings. The summed E-state index contributed by atoms with van der Waals surface area (Å²) >= 11 is 5.66. The first-order valence-corrected chi connectivity index (χ1v) is 4.75. The van der Waals surface area contributed by atoms with Crippen molar-refractivity contribution in [2.24, 2.45) is 0 Å². The van der Waals surface area contributed by atoms with Crippen LogP contribution in [-0.2, 0) is 4.74 Å². The molecule has 0 unspecified atom stereocenters. The molecule has 0 spiro atoms. The van der Waals surface area contributed by atoms with E-state index in [9.17, 15) is 14.9 Å². The molecular formula is C9H9ClN2O4. The predicted molar refractivity (Wildman–Crippen MR) is 58.5 cm³/mol. The highest BCUT2D eigenvalue weighted by Crippen LogP contribution is 2.30. The molecule has 0 saturated heterocycles. The summed E-state index contributed by atoms with van der Waals surface area (Å²) in [6.07, 6.45) is 0. The lowest BCUT2D eigenvalue weighted by molar-refractivity contribution is -0.384. The molecule has 0 atom stereocenters. The first kappa shape index (κ1) is 12.3. The topological polar surface area (TPSA) is 95.5 Å². The molecule has 0 bridgehead atoms. The summed E-state index contributed by atoms with van der Waals surface area (Å²) in [7, 11) is 0. The van der Waals surface area contributed by atoms with E-state index in [4.69, 9.17) is 17.3 Å². The van der Waals surface area contributed by atoms with Crippen molar-refractivity contribution in [1.29, 1.82) is 0 Å². The molecule has 6 nitrogen and oxygen atoms in total. The van der Waals surface area contributed by atoms with Crippen molar-refractivity contribution in [3.8, 4) is 0 Å². The van der Waals surface area contributed by atoms with Crippen molar-refractivity contribution >= 4 is 28.9 Å². The first-order chi connectivity index (χ1) is 7.47. The SMILES string of the molecule is CCOC(=O)c1cc(Cl)cc(N)c1[N+](=O)[O-]. The fourth-order valence-electron chi connectivity index (χ4n) is 1.19. The lowest BCUT2D eigenvalue weighted by Crippen LogP contribution is -2.09. The quantitative estimate of drug-likeness (QED) is 0.380. The van der Waals surface area contributed by atoms with E-state index in [1.165, 1.54) is 6.07 Å². The monoisotopic (exact) mass is 244 g/mol.